The van der Waals surface area contributed by atoms with Gasteiger partial charge in [-0.25, -0.2) is 0 Å². The summed E-state index contributed by atoms with van der Waals surface area (Å²) in [5.41, 5.74) is 6.60. The van der Waals surface area contributed by atoms with Crippen molar-refractivity contribution >= 4 is 21.6 Å². The van der Waals surface area contributed by atoms with E-state index >= 15 is 0 Å². The summed E-state index contributed by atoms with van der Waals surface area (Å²) in [5, 5.41) is 3.55. The van der Waals surface area contributed by atoms with E-state index in [1.165, 1.54) is 27.9 Å². The number of benzene rings is 2. The Balaban J connectivity index is 2.14. The van der Waals surface area contributed by atoms with Gasteiger partial charge in [0.2, 0.25) is 0 Å². The van der Waals surface area contributed by atoms with E-state index in [4.69, 9.17) is 0 Å². The van der Waals surface area contributed by atoms with Gasteiger partial charge in [0, 0.05) is 16.7 Å². The molecule has 0 heterocycles. The normalized spacial score (nSPS) is 10.5. The summed E-state index contributed by atoms with van der Waals surface area (Å²) in [6.07, 6.45) is 1.04. The van der Waals surface area contributed by atoms with E-state index < -0.39 is 0 Å². The van der Waals surface area contributed by atoms with Crippen LogP contribution < -0.4 is 5.32 Å². The van der Waals surface area contributed by atoms with Crippen LogP contribution in [0.4, 0.5) is 5.69 Å². The Hall–Kier alpha value is -1.28. The lowest BCUT2D eigenvalue weighted by molar-refractivity contribution is 1.07. The zero-order valence-corrected chi connectivity index (χ0v) is 13.3. The Morgan fingerprint density at radius 3 is 2.47 bits per heavy atom. The lowest BCUT2D eigenvalue weighted by atomic mass is 10.1. The molecule has 0 aliphatic rings. The molecule has 1 N–H and O–H groups in total. The fraction of sp³-hybridized carbons (Fsp3) is 0.294. The number of nitrogens with one attached hydrogen (secondary N) is 1. The molecule has 0 saturated heterocycles. The van der Waals surface area contributed by atoms with Crippen LogP contribution in [0.25, 0.3) is 0 Å². The maximum Gasteiger partial charge on any atom is 0.0403 e. The van der Waals surface area contributed by atoms with E-state index in [2.05, 4.69) is 78.4 Å². The molecule has 0 saturated carbocycles. The monoisotopic (exact) mass is 317 g/mol. The largest absolute Gasteiger partial charge is 0.381 e. The number of aryl methyl sites for hydroxylation is 3. The molecule has 0 bridgehead atoms. The van der Waals surface area contributed by atoms with Crippen LogP contribution in [0.1, 0.15) is 29.2 Å². The third-order valence-electron chi connectivity index (χ3n) is 3.42. The van der Waals surface area contributed by atoms with Crippen LogP contribution in [-0.4, -0.2) is 0 Å². The molecule has 2 rings (SSSR count). The summed E-state index contributed by atoms with van der Waals surface area (Å²) < 4.78 is 1.14. The molecule has 0 atom stereocenters. The van der Waals surface area contributed by atoms with Crippen molar-refractivity contribution in [2.24, 2.45) is 0 Å². The van der Waals surface area contributed by atoms with Crippen LogP contribution in [0, 0.1) is 13.8 Å². The molecule has 100 valence electrons. The summed E-state index contributed by atoms with van der Waals surface area (Å²) in [6, 6.07) is 13.0. The zero-order chi connectivity index (χ0) is 13.8. The summed E-state index contributed by atoms with van der Waals surface area (Å²) >= 11 is 3.52. The molecule has 0 amide bonds. The molecule has 0 aliphatic heterocycles. The third kappa shape index (κ3) is 3.60. The van der Waals surface area contributed by atoms with Crippen LogP contribution >= 0.6 is 15.9 Å². The van der Waals surface area contributed by atoms with Crippen LogP contribution in [0.3, 0.4) is 0 Å². The molecule has 0 unspecified atom stereocenters. The van der Waals surface area contributed by atoms with Crippen molar-refractivity contribution in [3.05, 3.63) is 63.1 Å². The van der Waals surface area contributed by atoms with E-state index in [0.29, 0.717) is 0 Å². The highest BCUT2D eigenvalue weighted by Gasteiger charge is 2.03. The number of rotatable bonds is 4. The standard InChI is InChI=1S/C17H20BrN/c1-4-14-10-16(18)7-8-17(14)19-11-15-6-5-12(2)9-13(15)3/h5-10,19H,4,11H2,1-3H3. The predicted molar refractivity (Wildman–Crippen MR) is 86.8 cm³/mol. The first-order valence-electron chi connectivity index (χ1n) is 6.68. The lowest BCUT2D eigenvalue weighted by Gasteiger charge is -2.13. The van der Waals surface area contributed by atoms with E-state index in [0.717, 1.165) is 17.4 Å². The van der Waals surface area contributed by atoms with Gasteiger partial charge in [-0.2, -0.15) is 0 Å². The smallest absolute Gasteiger partial charge is 0.0403 e. The van der Waals surface area contributed by atoms with Gasteiger partial charge in [0.05, 0.1) is 0 Å². The SMILES string of the molecule is CCc1cc(Br)ccc1NCc1ccc(C)cc1C. The van der Waals surface area contributed by atoms with E-state index in [9.17, 15) is 0 Å². The number of hydrogen-bond donors (Lipinski definition) is 1. The highest BCUT2D eigenvalue weighted by Crippen LogP contribution is 2.22. The number of halogens is 1. The summed E-state index contributed by atoms with van der Waals surface area (Å²) in [5.74, 6) is 0. The minimum absolute atomic E-state index is 0.876. The Kier molecular flexibility index (Phi) is 4.65. The third-order valence-corrected chi connectivity index (χ3v) is 3.91. The topological polar surface area (TPSA) is 12.0 Å². The van der Waals surface area contributed by atoms with E-state index in [1.807, 2.05) is 0 Å². The molecule has 0 aliphatic carbocycles. The van der Waals surface area contributed by atoms with Gasteiger partial charge in [0.25, 0.3) is 0 Å². The van der Waals surface area contributed by atoms with Gasteiger partial charge in [-0.3, -0.25) is 0 Å². The van der Waals surface area contributed by atoms with Gasteiger partial charge < -0.3 is 5.32 Å². The van der Waals surface area contributed by atoms with Gasteiger partial charge in [0.1, 0.15) is 0 Å². The van der Waals surface area contributed by atoms with Crippen molar-refractivity contribution in [3.63, 3.8) is 0 Å². The molecule has 0 radical (unpaired) electrons. The minimum atomic E-state index is 0.876. The van der Waals surface area contributed by atoms with Crippen LogP contribution in [0.2, 0.25) is 0 Å². The molecular formula is C17H20BrN. The van der Waals surface area contributed by atoms with Crippen molar-refractivity contribution in [2.45, 2.75) is 33.7 Å². The van der Waals surface area contributed by atoms with Gasteiger partial charge in [-0.15, -0.1) is 0 Å². The minimum Gasteiger partial charge on any atom is -0.381 e. The van der Waals surface area contributed by atoms with Crippen molar-refractivity contribution < 1.29 is 0 Å². The van der Waals surface area contributed by atoms with Crippen molar-refractivity contribution in [2.75, 3.05) is 5.32 Å². The molecule has 2 aromatic rings. The maximum absolute atomic E-state index is 3.55. The Bertz CT molecular complexity index is 575. The molecule has 1 nitrogen and oxygen atoms in total. The Morgan fingerprint density at radius 1 is 1.00 bits per heavy atom. The summed E-state index contributed by atoms with van der Waals surface area (Å²) in [7, 11) is 0. The van der Waals surface area contributed by atoms with Crippen molar-refractivity contribution in [1.29, 1.82) is 0 Å². The molecular weight excluding hydrogens is 298 g/mol. The molecule has 19 heavy (non-hydrogen) atoms. The zero-order valence-electron chi connectivity index (χ0n) is 11.8. The quantitative estimate of drug-likeness (QED) is 0.813. The lowest BCUT2D eigenvalue weighted by Crippen LogP contribution is -2.03. The first kappa shape index (κ1) is 14.1. The first-order chi connectivity index (χ1) is 9.10. The summed E-state index contributed by atoms with van der Waals surface area (Å²) in [6.45, 7) is 7.37. The van der Waals surface area contributed by atoms with Gasteiger partial charge in [-0.05, 0) is 55.2 Å². The van der Waals surface area contributed by atoms with Crippen LogP contribution in [-0.2, 0) is 13.0 Å². The number of hydrogen-bond acceptors (Lipinski definition) is 1. The average Bonchev–Trinajstić information content (AvgIpc) is 2.39. The van der Waals surface area contributed by atoms with E-state index in [-0.39, 0.29) is 0 Å². The molecule has 2 aromatic carbocycles. The predicted octanol–water partition coefficient (Wildman–Crippen LogP) is 5.24. The molecule has 0 spiro atoms. The second-order valence-corrected chi connectivity index (χ2v) is 5.85. The van der Waals surface area contributed by atoms with Crippen LogP contribution in [0.15, 0.2) is 40.9 Å². The van der Waals surface area contributed by atoms with Crippen molar-refractivity contribution in [3.8, 4) is 0 Å². The highest BCUT2D eigenvalue weighted by molar-refractivity contribution is 9.10. The molecule has 2 heteroatoms. The van der Waals surface area contributed by atoms with Crippen molar-refractivity contribution in [1.82, 2.24) is 0 Å². The van der Waals surface area contributed by atoms with Gasteiger partial charge in [0.15, 0.2) is 0 Å². The average molecular weight is 318 g/mol. The Labute approximate surface area is 124 Å². The fourth-order valence-electron chi connectivity index (χ4n) is 2.26. The molecule has 0 fully saturated rings. The fourth-order valence-corrected chi connectivity index (χ4v) is 2.67. The maximum atomic E-state index is 3.55. The second-order valence-electron chi connectivity index (χ2n) is 4.94. The first-order valence-corrected chi connectivity index (χ1v) is 7.48. The number of anilines is 1. The highest BCUT2D eigenvalue weighted by atomic mass is 79.9. The van der Waals surface area contributed by atoms with Gasteiger partial charge in [-0.1, -0.05) is 46.6 Å². The Morgan fingerprint density at radius 2 is 1.79 bits per heavy atom. The van der Waals surface area contributed by atoms with Gasteiger partial charge >= 0.3 is 0 Å². The summed E-state index contributed by atoms with van der Waals surface area (Å²) in [4.78, 5) is 0. The molecule has 0 aromatic heterocycles. The van der Waals surface area contributed by atoms with Crippen LogP contribution in [0.5, 0.6) is 0 Å². The van der Waals surface area contributed by atoms with E-state index in [1.54, 1.807) is 0 Å². The second kappa shape index (κ2) is 6.25.